The van der Waals surface area contributed by atoms with Gasteiger partial charge in [-0.3, -0.25) is 29.0 Å². The van der Waals surface area contributed by atoms with E-state index in [1.54, 1.807) is 30.3 Å². The highest BCUT2D eigenvalue weighted by atomic mass is 35.5. The predicted molar refractivity (Wildman–Crippen MR) is 182 cm³/mol. The van der Waals surface area contributed by atoms with E-state index in [9.17, 15) is 24.3 Å². The molecule has 7 rings (SSSR count). The van der Waals surface area contributed by atoms with E-state index in [0.717, 1.165) is 10.6 Å². The average Bonchev–Trinajstić information content (AvgIpc) is 3.39. The number of alkyl halides is 2. The SMILES string of the molecule is CN1C(=O)C2(Cl)CC3C(=CCC4C(=O)N(c5ccc(N=Nc6ccc(N(C)C)cc6)cc5)C(=O)C43)C(c3ccc(O)cc3Cl)C2(Cl)C1=O. The van der Waals surface area contributed by atoms with Gasteiger partial charge in [-0.15, -0.1) is 23.2 Å². The van der Waals surface area contributed by atoms with Crippen molar-refractivity contribution in [2.75, 3.05) is 30.9 Å². The Morgan fingerprint density at radius 3 is 2.08 bits per heavy atom. The van der Waals surface area contributed by atoms with E-state index in [2.05, 4.69) is 10.2 Å². The van der Waals surface area contributed by atoms with Gasteiger partial charge in [0.25, 0.3) is 11.8 Å². The highest BCUT2D eigenvalue weighted by molar-refractivity contribution is 6.54. The molecule has 0 radical (unpaired) electrons. The lowest BCUT2D eigenvalue weighted by molar-refractivity contribution is -0.138. The Kier molecular flexibility index (Phi) is 7.69. The zero-order chi connectivity index (χ0) is 34.3. The Labute approximate surface area is 291 Å². The molecule has 3 aromatic rings. The van der Waals surface area contributed by atoms with Crippen molar-refractivity contribution in [1.82, 2.24) is 4.90 Å². The fourth-order valence-corrected chi connectivity index (χ4v) is 8.99. The largest absolute Gasteiger partial charge is 0.508 e. The molecule has 2 saturated heterocycles. The number of amides is 4. The van der Waals surface area contributed by atoms with Crippen LogP contribution in [0, 0.1) is 17.8 Å². The Hall–Kier alpha value is -4.25. The second-order valence-corrected chi connectivity index (χ2v) is 14.5. The maximum Gasteiger partial charge on any atom is 0.253 e. The van der Waals surface area contributed by atoms with Crippen LogP contribution in [0.15, 0.2) is 88.6 Å². The normalized spacial score (nSPS) is 29.7. The number of azo groups is 1. The highest BCUT2D eigenvalue weighted by Crippen LogP contribution is 2.66. The van der Waals surface area contributed by atoms with Crippen molar-refractivity contribution in [2.45, 2.75) is 28.5 Å². The molecule has 3 fully saturated rings. The van der Waals surface area contributed by atoms with Gasteiger partial charge in [0.2, 0.25) is 11.8 Å². The summed E-state index contributed by atoms with van der Waals surface area (Å²) in [6.45, 7) is 0. The average molecular weight is 707 g/mol. The van der Waals surface area contributed by atoms with E-state index >= 15 is 0 Å². The topological polar surface area (TPSA) is 123 Å². The number of rotatable bonds is 5. The second kappa shape index (κ2) is 11.4. The van der Waals surface area contributed by atoms with Gasteiger partial charge < -0.3 is 10.0 Å². The zero-order valence-corrected chi connectivity index (χ0v) is 28.4. The standard InChI is InChI=1S/C35H30Cl3N5O5/c1-41(2)20-8-4-18(5-9-20)39-40-19-6-10-21(11-7-19)43-30(45)25-15-14-23-26(28(25)31(43)46)17-34(37)32(47)42(3)33(48)35(34,38)29(23)24-13-12-22(44)16-27(24)36/h4-14,16,25-26,28-29,44H,15,17H2,1-3H3. The predicted octanol–water partition coefficient (Wildman–Crippen LogP) is 6.72. The molecule has 6 atom stereocenters. The van der Waals surface area contributed by atoms with E-state index in [1.165, 1.54) is 24.1 Å². The molecule has 10 nitrogen and oxygen atoms in total. The number of carbonyl (C=O) groups is 4. The van der Waals surface area contributed by atoms with Crippen LogP contribution in [-0.2, 0) is 19.2 Å². The molecule has 13 heteroatoms. The van der Waals surface area contributed by atoms with Gasteiger partial charge in [0.1, 0.15) is 5.75 Å². The number of imide groups is 2. The van der Waals surface area contributed by atoms with E-state index in [1.807, 2.05) is 49.3 Å². The van der Waals surface area contributed by atoms with Gasteiger partial charge in [0.15, 0.2) is 9.75 Å². The van der Waals surface area contributed by atoms with Crippen molar-refractivity contribution in [3.63, 3.8) is 0 Å². The van der Waals surface area contributed by atoms with E-state index in [-0.39, 0.29) is 29.5 Å². The summed E-state index contributed by atoms with van der Waals surface area (Å²) in [5, 5.41) is 18.8. The number of carbonyl (C=O) groups excluding carboxylic acids is 4. The smallest absolute Gasteiger partial charge is 0.253 e. The maximum atomic E-state index is 14.3. The van der Waals surface area contributed by atoms with Crippen LogP contribution in [0.25, 0.3) is 0 Å². The fourth-order valence-electron chi connectivity index (χ4n) is 7.70. The van der Waals surface area contributed by atoms with Crippen LogP contribution in [0.3, 0.4) is 0 Å². The number of phenols is 1. The van der Waals surface area contributed by atoms with Crippen LogP contribution >= 0.6 is 34.8 Å². The zero-order valence-electron chi connectivity index (χ0n) is 26.1. The Bertz CT molecular complexity index is 1950. The van der Waals surface area contributed by atoms with Crippen molar-refractivity contribution < 1.29 is 24.3 Å². The first-order valence-corrected chi connectivity index (χ1v) is 16.5. The van der Waals surface area contributed by atoms with Crippen molar-refractivity contribution in [3.05, 3.63) is 89.0 Å². The van der Waals surface area contributed by atoms with Gasteiger partial charge in [0.05, 0.1) is 28.9 Å². The number of likely N-dealkylation sites (tertiary alicyclic amines) is 1. The Morgan fingerprint density at radius 2 is 1.48 bits per heavy atom. The Balaban J connectivity index is 1.22. The molecule has 0 bridgehead atoms. The number of aromatic hydroxyl groups is 1. The number of anilines is 2. The lowest BCUT2D eigenvalue weighted by Crippen LogP contribution is -2.60. The molecule has 4 aliphatic rings. The number of nitrogens with zero attached hydrogens (tertiary/aromatic N) is 5. The van der Waals surface area contributed by atoms with E-state index in [0.29, 0.717) is 28.2 Å². The molecule has 2 aliphatic heterocycles. The van der Waals surface area contributed by atoms with Crippen LogP contribution < -0.4 is 9.80 Å². The first-order valence-electron chi connectivity index (χ1n) is 15.3. The number of hydrogen-bond acceptors (Lipinski definition) is 8. The lowest BCUT2D eigenvalue weighted by Gasteiger charge is -2.51. The molecule has 246 valence electrons. The third-order valence-corrected chi connectivity index (χ3v) is 11.8. The summed E-state index contributed by atoms with van der Waals surface area (Å²) in [4.78, 5) is 55.7. The molecule has 6 unspecified atom stereocenters. The van der Waals surface area contributed by atoms with E-state index in [4.69, 9.17) is 34.8 Å². The number of allylic oxidation sites excluding steroid dienone is 2. The van der Waals surface area contributed by atoms with Gasteiger partial charge in [-0.2, -0.15) is 10.2 Å². The van der Waals surface area contributed by atoms with Crippen molar-refractivity contribution in [3.8, 4) is 5.75 Å². The lowest BCUT2D eigenvalue weighted by atomic mass is 9.56. The molecule has 1 N–H and O–H groups in total. The number of phenolic OH excluding ortho intramolecular Hbond substituents is 1. The van der Waals surface area contributed by atoms with Gasteiger partial charge in [-0.25, -0.2) is 0 Å². The molecule has 0 spiro atoms. The highest BCUT2D eigenvalue weighted by Gasteiger charge is 2.76. The Morgan fingerprint density at radius 1 is 0.854 bits per heavy atom. The van der Waals surface area contributed by atoms with E-state index < -0.39 is 51.1 Å². The summed E-state index contributed by atoms with van der Waals surface area (Å²) in [5.74, 6) is -5.53. The minimum absolute atomic E-state index is 0.0983. The number of fused-ring (bicyclic) bond motifs is 4. The van der Waals surface area contributed by atoms with Crippen LogP contribution in [0.2, 0.25) is 5.02 Å². The summed E-state index contributed by atoms with van der Waals surface area (Å²) in [6, 6.07) is 18.5. The summed E-state index contributed by atoms with van der Waals surface area (Å²) in [7, 11) is 5.23. The van der Waals surface area contributed by atoms with Crippen LogP contribution in [0.5, 0.6) is 5.75 Å². The molecular formula is C35H30Cl3N5O5. The molecular weight excluding hydrogens is 677 g/mol. The molecule has 0 aromatic heterocycles. The molecule has 4 amide bonds. The van der Waals surface area contributed by atoms with Crippen LogP contribution in [0.1, 0.15) is 24.3 Å². The van der Waals surface area contributed by atoms with Gasteiger partial charge in [0, 0.05) is 37.8 Å². The maximum absolute atomic E-state index is 14.3. The molecule has 3 aromatic carbocycles. The minimum atomic E-state index is -1.96. The van der Waals surface area contributed by atoms with Crippen molar-refractivity contribution in [1.29, 1.82) is 0 Å². The molecule has 2 aliphatic carbocycles. The van der Waals surface area contributed by atoms with Gasteiger partial charge in [-0.05, 0) is 85.0 Å². The quantitative estimate of drug-likeness (QED) is 0.136. The van der Waals surface area contributed by atoms with Crippen LogP contribution in [0.4, 0.5) is 22.7 Å². The fraction of sp³-hybridized carbons (Fsp3) is 0.314. The minimum Gasteiger partial charge on any atom is -0.508 e. The third-order valence-electron chi connectivity index (χ3n) is 10.1. The van der Waals surface area contributed by atoms with Gasteiger partial charge >= 0.3 is 0 Å². The summed E-state index contributed by atoms with van der Waals surface area (Å²) < 4.78 is 0. The first-order chi connectivity index (χ1) is 22.8. The monoisotopic (exact) mass is 705 g/mol. The first kappa shape index (κ1) is 32.3. The molecule has 1 saturated carbocycles. The number of hydrogen-bond donors (Lipinski definition) is 1. The molecule has 2 heterocycles. The second-order valence-electron chi connectivity index (χ2n) is 12.8. The summed E-state index contributed by atoms with van der Waals surface area (Å²) in [6.07, 6.45) is 1.91. The van der Waals surface area contributed by atoms with Crippen LogP contribution in [-0.4, -0.2) is 64.5 Å². The van der Waals surface area contributed by atoms with Crippen molar-refractivity contribution >= 4 is 81.2 Å². The number of halogens is 3. The van der Waals surface area contributed by atoms with Gasteiger partial charge in [-0.1, -0.05) is 29.3 Å². The summed E-state index contributed by atoms with van der Waals surface area (Å²) in [5.41, 5.74) is 3.62. The summed E-state index contributed by atoms with van der Waals surface area (Å²) >= 11 is 21.0. The third kappa shape index (κ3) is 4.60. The van der Waals surface area contributed by atoms with Crippen molar-refractivity contribution in [2.24, 2.45) is 28.0 Å². The molecule has 48 heavy (non-hydrogen) atoms. The number of benzene rings is 3.